The molecular formula is C47H59Cl5N6O9S2. The molecule has 4 aliphatic heterocycles. The van der Waals surface area contributed by atoms with Gasteiger partial charge in [0.2, 0.25) is 0 Å². The third kappa shape index (κ3) is 14.6. The van der Waals surface area contributed by atoms with Crippen LogP contribution in [0.3, 0.4) is 0 Å². The zero-order chi connectivity index (χ0) is 49.3. The van der Waals surface area contributed by atoms with E-state index in [1.165, 1.54) is 43.5 Å². The number of carbonyl (C=O) groups excluding carboxylic acids is 2. The maximum absolute atomic E-state index is 12.6. The topological polar surface area (TPSA) is 167 Å². The number of nitrogens with one attached hydrogen (secondary N) is 2. The van der Waals surface area contributed by atoms with Crippen LogP contribution in [-0.2, 0) is 20.0 Å². The summed E-state index contributed by atoms with van der Waals surface area (Å²) in [4.78, 5) is 33.2. The summed E-state index contributed by atoms with van der Waals surface area (Å²) in [5.41, 5.74) is 0. The molecule has 4 heterocycles. The Kier molecular flexibility index (Phi) is 18.4. The molecule has 0 aliphatic carbocycles. The van der Waals surface area contributed by atoms with Crippen molar-refractivity contribution in [3.05, 3.63) is 110 Å². The van der Waals surface area contributed by atoms with E-state index in [0.29, 0.717) is 69.1 Å². The van der Waals surface area contributed by atoms with Crippen molar-refractivity contribution in [2.75, 3.05) is 59.5 Å². The average molecular weight is 1090 g/mol. The number of sulfonamides is 2. The highest BCUT2D eigenvalue weighted by molar-refractivity contribution is 7.90. The molecular weight excluding hydrogens is 1030 g/mol. The second kappa shape index (κ2) is 24.0. The van der Waals surface area contributed by atoms with E-state index in [-0.39, 0.29) is 24.9 Å². The number of likely N-dealkylation sites (tertiary alicyclic amines) is 4. The summed E-state index contributed by atoms with van der Waals surface area (Å²) in [5, 5.41) is 2.40. The van der Waals surface area contributed by atoms with Crippen LogP contribution in [0.2, 0.25) is 25.1 Å². The van der Waals surface area contributed by atoms with E-state index in [1.807, 2.05) is 12.1 Å². The van der Waals surface area contributed by atoms with E-state index in [9.17, 15) is 26.4 Å². The fourth-order valence-corrected chi connectivity index (χ4v) is 11.6. The first-order valence-electron chi connectivity index (χ1n) is 22.7. The monoisotopic (exact) mass is 1090 g/mol. The van der Waals surface area contributed by atoms with Gasteiger partial charge in [-0.05, 0) is 124 Å². The molecule has 4 saturated heterocycles. The number of halogens is 5. The summed E-state index contributed by atoms with van der Waals surface area (Å²) < 4.78 is 71.6. The van der Waals surface area contributed by atoms with Gasteiger partial charge >= 0.3 is 12.1 Å². The van der Waals surface area contributed by atoms with Crippen LogP contribution in [0.1, 0.15) is 54.2 Å². The van der Waals surface area contributed by atoms with Crippen molar-refractivity contribution in [1.29, 1.82) is 0 Å². The van der Waals surface area contributed by atoms with Crippen LogP contribution >= 0.6 is 58.0 Å². The standard InChI is InChI=1S/C24H29Cl2N3O5S.C23H26Cl3N3O4S.2H2/c1-33-18-2-5-21(6-3-18)35(31,32)27-24(30)29-12-8-17(9-13-29)28-14-10-19(11-15-28)34-20-4-7-22(25)23(26)16-20;24-16-1-4-20(5-2-16)34(31,32)27-23(30)29-11-7-17(8-12-29)28-13-9-18(10-14-28)33-19-3-6-21(25)22(26)15-19;;/h2-7,16-17,19H,8-15H2,1H3,(H,27,30);1-6,15,17-18H,7-14H2,(H,27,30);2*1H. The summed E-state index contributed by atoms with van der Waals surface area (Å²) >= 11 is 29.9. The van der Waals surface area contributed by atoms with Gasteiger partial charge in [-0.2, -0.15) is 0 Å². The lowest BCUT2D eigenvalue weighted by Gasteiger charge is -2.41. The quantitative estimate of drug-likeness (QED) is 0.147. The van der Waals surface area contributed by atoms with Gasteiger partial charge in [0.25, 0.3) is 20.0 Å². The molecule has 69 heavy (non-hydrogen) atoms. The van der Waals surface area contributed by atoms with Crippen molar-refractivity contribution in [2.24, 2.45) is 0 Å². The molecule has 4 fully saturated rings. The molecule has 378 valence electrons. The van der Waals surface area contributed by atoms with Crippen LogP contribution in [0.5, 0.6) is 17.2 Å². The molecule has 0 radical (unpaired) electrons. The van der Waals surface area contributed by atoms with Gasteiger partial charge in [0.1, 0.15) is 29.5 Å². The van der Waals surface area contributed by atoms with E-state index < -0.39 is 32.1 Å². The van der Waals surface area contributed by atoms with Crippen LogP contribution < -0.4 is 23.7 Å². The summed E-state index contributed by atoms with van der Waals surface area (Å²) in [7, 11) is -6.38. The van der Waals surface area contributed by atoms with Crippen molar-refractivity contribution in [1.82, 2.24) is 29.0 Å². The molecule has 8 rings (SSSR count). The Labute approximate surface area is 432 Å². The number of nitrogens with zero attached hydrogens (tertiary/aromatic N) is 4. The van der Waals surface area contributed by atoms with E-state index in [4.69, 9.17) is 72.2 Å². The molecule has 4 aliphatic rings. The van der Waals surface area contributed by atoms with E-state index in [1.54, 1.807) is 46.2 Å². The van der Waals surface area contributed by atoms with E-state index in [0.717, 1.165) is 89.0 Å². The third-order valence-corrected chi connectivity index (χ3v) is 17.2. The second-order valence-electron chi connectivity index (χ2n) is 17.2. The number of hydrogen-bond donors (Lipinski definition) is 2. The van der Waals surface area contributed by atoms with Gasteiger partial charge in [-0.25, -0.2) is 35.9 Å². The van der Waals surface area contributed by atoms with Crippen LogP contribution in [0.25, 0.3) is 0 Å². The van der Waals surface area contributed by atoms with Crippen LogP contribution in [0.15, 0.2) is 94.7 Å². The van der Waals surface area contributed by atoms with Gasteiger partial charge in [0.05, 0.1) is 37.0 Å². The number of rotatable bonds is 11. The zero-order valence-electron chi connectivity index (χ0n) is 37.9. The van der Waals surface area contributed by atoms with E-state index >= 15 is 0 Å². The lowest BCUT2D eigenvalue weighted by Crippen LogP contribution is -2.52. The molecule has 22 heteroatoms. The molecule has 0 bridgehead atoms. The number of piperidine rings is 4. The van der Waals surface area contributed by atoms with Gasteiger partial charge in [-0.15, -0.1) is 0 Å². The number of methoxy groups -OCH3 is 1. The first kappa shape index (κ1) is 52.9. The Bertz CT molecular complexity index is 2620. The number of carbonyl (C=O) groups is 2. The van der Waals surface area contributed by atoms with Gasteiger partial charge < -0.3 is 24.0 Å². The van der Waals surface area contributed by atoms with Gasteiger partial charge in [-0.1, -0.05) is 58.0 Å². The summed E-state index contributed by atoms with van der Waals surface area (Å²) in [5.74, 6) is 1.99. The number of urea groups is 2. The molecule has 4 aromatic rings. The van der Waals surface area contributed by atoms with Crippen molar-refractivity contribution in [3.63, 3.8) is 0 Å². The van der Waals surface area contributed by atoms with Crippen molar-refractivity contribution in [3.8, 4) is 17.2 Å². The van der Waals surface area contributed by atoms with Crippen LogP contribution in [0.4, 0.5) is 9.59 Å². The minimum atomic E-state index is -3.94. The molecule has 0 spiro atoms. The molecule has 0 aromatic heterocycles. The normalized spacial score (nSPS) is 18.5. The van der Waals surface area contributed by atoms with E-state index in [2.05, 4.69) is 19.2 Å². The number of benzene rings is 4. The zero-order valence-corrected chi connectivity index (χ0v) is 43.3. The highest BCUT2D eigenvalue weighted by Crippen LogP contribution is 2.31. The largest absolute Gasteiger partial charge is 0.497 e. The lowest BCUT2D eigenvalue weighted by molar-refractivity contribution is 0.0537. The minimum Gasteiger partial charge on any atom is -0.497 e. The second-order valence-corrected chi connectivity index (χ2v) is 22.7. The molecule has 4 aromatic carbocycles. The molecule has 2 N–H and O–H groups in total. The highest BCUT2D eigenvalue weighted by atomic mass is 35.5. The van der Waals surface area contributed by atoms with Gasteiger partial charge in [0.15, 0.2) is 0 Å². The van der Waals surface area contributed by atoms with Crippen molar-refractivity contribution >= 4 is 90.1 Å². The fourth-order valence-electron chi connectivity index (χ4n) is 8.92. The Hall–Kier alpha value is -3.91. The number of hydrogen-bond acceptors (Lipinski definition) is 11. The van der Waals surface area contributed by atoms with Crippen molar-refractivity contribution < 1.29 is 43.5 Å². The molecule has 0 unspecified atom stereocenters. The fraction of sp³-hybridized carbons (Fsp3) is 0.447. The smallest absolute Gasteiger partial charge is 0.331 e. The predicted molar refractivity (Wildman–Crippen MR) is 273 cm³/mol. The summed E-state index contributed by atoms with van der Waals surface area (Å²) in [6, 6.07) is 21.8. The molecule has 15 nitrogen and oxygen atoms in total. The Morgan fingerprint density at radius 2 is 0.841 bits per heavy atom. The molecule has 0 saturated carbocycles. The summed E-state index contributed by atoms with van der Waals surface area (Å²) in [6.45, 7) is 5.67. The number of amides is 4. The van der Waals surface area contributed by atoms with Crippen LogP contribution in [0, 0.1) is 0 Å². The first-order chi connectivity index (χ1) is 33.0. The van der Waals surface area contributed by atoms with Crippen LogP contribution in [-0.4, -0.2) is 132 Å². The Morgan fingerprint density at radius 3 is 1.19 bits per heavy atom. The van der Waals surface area contributed by atoms with Gasteiger partial charge in [-0.3, -0.25) is 9.80 Å². The average Bonchev–Trinajstić information content (AvgIpc) is 3.34. The van der Waals surface area contributed by atoms with Crippen molar-refractivity contribution in [2.45, 2.75) is 85.4 Å². The minimum absolute atomic E-state index is 0. The SMILES string of the molecule is COc1ccc(S(=O)(=O)NC(=O)N2CCC(N3CCC(Oc4ccc(Cl)c(Cl)c4)CC3)CC2)cc1.O=C(NS(=O)(=O)c1ccc(Cl)cc1)N1CCC(N2CCC(Oc3ccc(Cl)c(Cl)c3)CC2)CC1.[HH].[HH]. The molecule has 4 amide bonds. The maximum Gasteiger partial charge on any atom is 0.331 e. The highest BCUT2D eigenvalue weighted by Gasteiger charge is 2.33. The predicted octanol–water partition coefficient (Wildman–Crippen LogP) is 9.95. The molecule has 0 atom stereocenters. The van der Waals surface area contributed by atoms with Gasteiger partial charge in [0, 0.05) is 84.5 Å². The Balaban J connectivity index is 0.000000257. The maximum atomic E-state index is 12.6. The number of ether oxygens (including phenoxy) is 3. The lowest BCUT2D eigenvalue weighted by atomic mass is 9.99. The Morgan fingerprint density at radius 1 is 0.493 bits per heavy atom. The summed E-state index contributed by atoms with van der Waals surface area (Å²) in [6.07, 6.45) is 7.06. The third-order valence-electron chi connectivity index (χ3n) is 12.8. The first-order valence-corrected chi connectivity index (χ1v) is 27.6.